The number of carbonyl (C=O) groups is 3. The Balaban J connectivity index is 2.63. The summed E-state index contributed by atoms with van der Waals surface area (Å²) in [6.07, 6.45) is 2.90. The van der Waals surface area contributed by atoms with Crippen LogP contribution in [0.3, 0.4) is 0 Å². The highest BCUT2D eigenvalue weighted by molar-refractivity contribution is 5.75. The summed E-state index contributed by atoms with van der Waals surface area (Å²) in [4.78, 5) is 35.4. The first-order valence-corrected chi connectivity index (χ1v) is 9.32. The van der Waals surface area contributed by atoms with Crippen molar-refractivity contribution in [1.29, 1.82) is 0 Å². The summed E-state index contributed by atoms with van der Waals surface area (Å²) in [6.45, 7) is 9.01. The van der Waals surface area contributed by atoms with E-state index in [0.29, 0.717) is 0 Å². The molecule has 7 nitrogen and oxygen atoms in total. The third-order valence-electron chi connectivity index (χ3n) is 4.65. The van der Waals surface area contributed by atoms with Crippen LogP contribution in [-0.4, -0.2) is 36.0 Å². The SMILES string of the molecule is CC(C)C(OC(=O)NCC1(CC(=O)O)CCCCC1)OC(=O)C(C)(C)C. The first-order chi connectivity index (χ1) is 11.9. The van der Waals surface area contributed by atoms with E-state index in [1.807, 2.05) is 0 Å². The van der Waals surface area contributed by atoms with Crippen molar-refractivity contribution < 1.29 is 29.0 Å². The Labute approximate surface area is 155 Å². The average Bonchev–Trinajstić information content (AvgIpc) is 2.51. The van der Waals surface area contributed by atoms with Crippen molar-refractivity contribution in [3.63, 3.8) is 0 Å². The van der Waals surface area contributed by atoms with Crippen molar-refractivity contribution in [3.05, 3.63) is 0 Å². The van der Waals surface area contributed by atoms with Crippen LogP contribution in [0.5, 0.6) is 0 Å². The molecule has 1 amide bonds. The topological polar surface area (TPSA) is 102 Å². The van der Waals surface area contributed by atoms with Gasteiger partial charge in [-0.15, -0.1) is 0 Å². The molecule has 0 heterocycles. The quantitative estimate of drug-likeness (QED) is 0.522. The third kappa shape index (κ3) is 7.22. The number of ether oxygens (including phenoxy) is 2. The van der Waals surface area contributed by atoms with Crippen LogP contribution in [0.4, 0.5) is 4.79 Å². The van der Waals surface area contributed by atoms with Crippen LogP contribution in [0.25, 0.3) is 0 Å². The first kappa shape index (κ1) is 22.3. The van der Waals surface area contributed by atoms with Crippen LogP contribution in [0.15, 0.2) is 0 Å². The smallest absolute Gasteiger partial charge is 0.410 e. The molecule has 0 saturated heterocycles. The summed E-state index contributed by atoms with van der Waals surface area (Å²) >= 11 is 0. The van der Waals surface area contributed by atoms with E-state index in [-0.39, 0.29) is 18.9 Å². The predicted molar refractivity (Wildman–Crippen MR) is 96.4 cm³/mol. The molecule has 7 heteroatoms. The Morgan fingerprint density at radius 1 is 1.08 bits per heavy atom. The van der Waals surface area contributed by atoms with E-state index >= 15 is 0 Å². The van der Waals surface area contributed by atoms with Gasteiger partial charge < -0.3 is 19.9 Å². The van der Waals surface area contributed by atoms with E-state index < -0.39 is 35.2 Å². The summed E-state index contributed by atoms with van der Waals surface area (Å²) in [7, 11) is 0. The molecule has 0 aromatic carbocycles. The van der Waals surface area contributed by atoms with E-state index in [1.54, 1.807) is 34.6 Å². The van der Waals surface area contributed by atoms with Gasteiger partial charge in [0.1, 0.15) is 0 Å². The lowest BCUT2D eigenvalue weighted by molar-refractivity contribution is -0.184. The highest BCUT2D eigenvalue weighted by atomic mass is 16.7. The molecule has 1 fully saturated rings. The minimum absolute atomic E-state index is 0.0277. The van der Waals surface area contributed by atoms with Gasteiger partial charge in [-0.2, -0.15) is 0 Å². The average molecular weight is 371 g/mol. The fraction of sp³-hybridized carbons (Fsp3) is 0.842. The zero-order chi connectivity index (χ0) is 20.0. The number of carboxylic acid groups (broad SMARTS) is 1. The second kappa shape index (κ2) is 9.24. The Bertz CT molecular complexity index is 503. The summed E-state index contributed by atoms with van der Waals surface area (Å²) in [5.41, 5.74) is -1.13. The first-order valence-electron chi connectivity index (χ1n) is 9.32. The van der Waals surface area contributed by atoms with Gasteiger partial charge in [-0.05, 0) is 39.0 Å². The molecule has 1 atom stereocenters. The van der Waals surface area contributed by atoms with Crippen LogP contribution < -0.4 is 5.32 Å². The Morgan fingerprint density at radius 3 is 2.12 bits per heavy atom. The van der Waals surface area contributed by atoms with Crippen molar-refractivity contribution in [2.75, 3.05) is 6.54 Å². The number of amides is 1. The van der Waals surface area contributed by atoms with E-state index in [0.717, 1.165) is 32.1 Å². The second-order valence-corrected chi connectivity index (χ2v) is 8.66. The zero-order valence-electron chi connectivity index (χ0n) is 16.6. The number of carbonyl (C=O) groups excluding carboxylic acids is 2. The molecule has 1 aliphatic carbocycles. The fourth-order valence-electron chi connectivity index (χ4n) is 3.02. The number of hydrogen-bond acceptors (Lipinski definition) is 5. The van der Waals surface area contributed by atoms with Gasteiger partial charge >= 0.3 is 18.0 Å². The molecule has 0 bridgehead atoms. The Hall–Kier alpha value is -1.79. The fourth-order valence-corrected chi connectivity index (χ4v) is 3.02. The lowest BCUT2D eigenvalue weighted by Crippen LogP contribution is -2.43. The van der Waals surface area contributed by atoms with Crippen molar-refractivity contribution >= 4 is 18.0 Å². The molecule has 150 valence electrons. The van der Waals surface area contributed by atoms with Gasteiger partial charge in [0, 0.05) is 12.5 Å². The number of nitrogens with one attached hydrogen (secondary N) is 1. The molecular formula is C19H33NO6. The maximum absolute atomic E-state index is 12.2. The van der Waals surface area contributed by atoms with Crippen LogP contribution >= 0.6 is 0 Å². The van der Waals surface area contributed by atoms with Gasteiger partial charge in [-0.3, -0.25) is 9.59 Å². The highest BCUT2D eigenvalue weighted by Crippen LogP contribution is 2.38. The monoisotopic (exact) mass is 371 g/mol. The minimum Gasteiger partial charge on any atom is -0.481 e. The van der Waals surface area contributed by atoms with E-state index in [1.165, 1.54) is 0 Å². The van der Waals surface area contributed by atoms with Crippen LogP contribution in [0, 0.1) is 16.7 Å². The molecule has 0 aromatic rings. The Morgan fingerprint density at radius 2 is 1.65 bits per heavy atom. The number of aliphatic carboxylic acids is 1. The summed E-state index contributed by atoms with van der Waals surface area (Å²) in [5, 5.41) is 11.9. The van der Waals surface area contributed by atoms with Crippen molar-refractivity contribution in [3.8, 4) is 0 Å². The minimum atomic E-state index is -0.983. The number of hydrogen-bond donors (Lipinski definition) is 2. The summed E-state index contributed by atoms with van der Waals surface area (Å²) < 4.78 is 10.6. The van der Waals surface area contributed by atoms with Gasteiger partial charge in [0.2, 0.25) is 0 Å². The third-order valence-corrected chi connectivity index (χ3v) is 4.65. The van der Waals surface area contributed by atoms with Crippen molar-refractivity contribution in [2.24, 2.45) is 16.7 Å². The molecule has 1 saturated carbocycles. The molecule has 2 N–H and O–H groups in total. The highest BCUT2D eigenvalue weighted by Gasteiger charge is 2.35. The van der Waals surface area contributed by atoms with Crippen LogP contribution in [0.2, 0.25) is 0 Å². The molecule has 0 aromatic heterocycles. The van der Waals surface area contributed by atoms with E-state index in [2.05, 4.69) is 5.32 Å². The molecule has 1 unspecified atom stereocenters. The van der Waals surface area contributed by atoms with E-state index in [9.17, 15) is 19.5 Å². The summed E-state index contributed by atoms with van der Waals surface area (Å²) in [5.74, 6) is -1.51. The zero-order valence-corrected chi connectivity index (χ0v) is 16.6. The second-order valence-electron chi connectivity index (χ2n) is 8.66. The van der Waals surface area contributed by atoms with Gasteiger partial charge in [0.15, 0.2) is 0 Å². The largest absolute Gasteiger partial charge is 0.481 e. The molecule has 0 aliphatic heterocycles. The number of rotatable bonds is 7. The van der Waals surface area contributed by atoms with Gasteiger partial charge in [0.25, 0.3) is 6.29 Å². The standard InChI is InChI=1S/C19H33NO6/c1-13(2)15(25-16(23)18(3,4)5)26-17(24)20-12-19(11-14(21)22)9-7-6-8-10-19/h13,15H,6-12H2,1-5H3,(H,20,24)(H,21,22). The molecule has 0 spiro atoms. The predicted octanol–water partition coefficient (Wildman–Crippen LogP) is 3.71. The molecule has 26 heavy (non-hydrogen) atoms. The molecule has 1 rings (SSSR count). The lowest BCUT2D eigenvalue weighted by Gasteiger charge is -2.36. The van der Waals surface area contributed by atoms with Crippen LogP contribution in [0.1, 0.15) is 73.1 Å². The van der Waals surface area contributed by atoms with E-state index in [4.69, 9.17) is 9.47 Å². The van der Waals surface area contributed by atoms with Gasteiger partial charge in [0.05, 0.1) is 11.8 Å². The van der Waals surface area contributed by atoms with Gasteiger partial charge in [-0.1, -0.05) is 33.1 Å². The normalized spacial score (nSPS) is 18.1. The summed E-state index contributed by atoms with van der Waals surface area (Å²) in [6, 6.07) is 0. The molecule has 1 aliphatic rings. The number of esters is 1. The molecular weight excluding hydrogens is 338 g/mol. The number of alkyl carbamates (subject to hydrolysis) is 1. The lowest BCUT2D eigenvalue weighted by atomic mass is 9.72. The number of carboxylic acids is 1. The maximum Gasteiger partial charge on any atom is 0.410 e. The van der Waals surface area contributed by atoms with Gasteiger partial charge in [-0.25, -0.2) is 4.79 Å². The Kier molecular flexibility index (Phi) is 7.90. The van der Waals surface area contributed by atoms with Crippen LogP contribution in [-0.2, 0) is 19.1 Å². The van der Waals surface area contributed by atoms with Crippen molar-refractivity contribution in [2.45, 2.75) is 79.4 Å². The molecule has 0 radical (unpaired) electrons. The van der Waals surface area contributed by atoms with Crippen molar-refractivity contribution in [1.82, 2.24) is 5.32 Å². The maximum atomic E-state index is 12.2.